The van der Waals surface area contributed by atoms with Crippen LogP contribution in [0.2, 0.25) is 5.15 Å². The quantitative estimate of drug-likeness (QED) is 0.423. The Labute approximate surface area is 175 Å². The second-order valence-corrected chi connectivity index (χ2v) is 6.41. The molecule has 0 aliphatic rings. The van der Waals surface area contributed by atoms with E-state index in [1.54, 1.807) is 0 Å². The van der Waals surface area contributed by atoms with Gasteiger partial charge in [-0.05, 0) is 29.8 Å². The van der Waals surface area contributed by atoms with Crippen molar-refractivity contribution in [1.82, 2.24) is 20.1 Å². The van der Waals surface area contributed by atoms with E-state index >= 15 is 0 Å². The van der Waals surface area contributed by atoms with Gasteiger partial charge in [0.15, 0.2) is 17.3 Å². The molecule has 2 aromatic heterocycles. The molecule has 31 heavy (non-hydrogen) atoms. The van der Waals surface area contributed by atoms with Gasteiger partial charge in [-0.25, -0.2) is 14.5 Å². The fourth-order valence-corrected chi connectivity index (χ4v) is 2.64. The molecule has 0 saturated carbocycles. The van der Waals surface area contributed by atoms with E-state index < -0.39 is 35.5 Å². The predicted molar refractivity (Wildman–Crippen MR) is 95.7 cm³/mol. The van der Waals surface area contributed by atoms with Gasteiger partial charge in [-0.3, -0.25) is 0 Å². The van der Waals surface area contributed by atoms with Gasteiger partial charge in [0.25, 0.3) is 0 Å². The highest BCUT2D eigenvalue weighted by Crippen LogP contribution is 2.37. The highest BCUT2D eigenvalue weighted by atomic mass is 35.5. The molecule has 0 fully saturated rings. The number of hydrogen-bond acceptors (Lipinski definition) is 4. The Morgan fingerprint density at radius 1 is 1.03 bits per heavy atom. The summed E-state index contributed by atoms with van der Waals surface area (Å²) in [7, 11) is 0. The highest BCUT2D eigenvalue weighted by Gasteiger charge is 2.41. The molecule has 0 bridgehead atoms. The molecule has 1 amide bonds. The van der Waals surface area contributed by atoms with Crippen molar-refractivity contribution in [2.75, 3.05) is 0 Å². The first-order valence-corrected chi connectivity index (χ1v) is 8.73. The SMILES string of the molecule is O=C(NCc1ccc(C(F)(F)F)cc1)Oc1cnn(-c2cccc(Cl)n2)c1C(F)(F)F. The van der Waals surface area contributed by atoms with E-state index in [0.717, 1.165) is 24.3 Å². The molecular weight excluding hydrogens is 454 g/mol. The van der Waals surface area contributed by atoms with E-state index in [4.69, 9.17) is 16.3 Å². The molecule has 1 N–H and O–H groups in total. The third-order valence-electron chi connectivity index (χ3n) is 3.84. The zero-order valence-electron chi connectivity index (χ0n) is 15.1. The Kier molecular flexibility index (Phi) is 6.11. The van der Waals surface area contributed by atoms with Crippen molar-refractivity contribution in [2.45, 2.75) is 18.9 Å². The lowest BCUT2D eigenvalue weighted by Crippen LogP contribution is -2.27. The molecule has 0 aliphatic carbocycles. The zero-order chi connectivity index (χ0) is 22.8. The van der Waals surface area contributed by atoms with Gasteiger partial charge in [-0.1, -0.05) is 29.8 Å². The van der Waals surface area contributed by atoms with Gasteiger partial charge in [0.05, 0.1) is 11.8 Å². The number of carbonyl (C=O) groups excluding carboxylic acids is 1. The van der Waals surface area contributed by atoms with Crippen LogP contribution in [0, 0.1) is 0 Å². The van der Waals surface area contributed by atoms with Crippen LogP contribution in [0.5, 0.6) is 5.75 Å². The summed E-state index contributed by atoms with van der Waals surface area (Å²) in [5, 5.41) is 5.65. The fraction of sp³-hybridized carbons (Fsp3) is 0.167. The van der Waals surface area contributed by atoms with Crippen molar-refractivity contribution in [3.05, 3.63) is 70.6 Å². The lowest BCUT2D eigenvalue weighted by molar-refractivity contribution is -0.143. The van der Waals surface area contributed by atoms with Crippen LogP contribution in [0.3, 0.4) is 0 Å². The number of aromatic nitrogens is 3. The number of pyridine rings is 1. The number of carbonyl (C=O) groups is 1. The predicted octanol–water partition coefficient (Wildman–Crippen LogP) is 5.25. The van der Waals surface area contributed by atoms with Gasteiger partial charge in [0.2, 0.25) is 0 Å². The Morgan fingerprint density at radius 2 is 1.71 bits per heavy atom. The number of halogens is 7. The van der Waals surface area contributed by atoms with Crippen LogP contribution in [0.4, 0.5) is 31.1 Å². The third kappa shape index (κ3) is 5.45. The van der Waals surface area contributed by atoms with Crippen molar-refractivity contribution in [2.24, 2.45) is 0 Å². The average molecular weight is 465 g/mol. The van der Waals surface area contributed by atoms with Crippen LogP contribution in [0.1, 0.15) is 16.8 Å². The molecule has 2 heterocycles. The molecule has 0 aliphatic heterocycles. The van der Waals surface area contributed by atoms with Gasteiger partial charge in [-0.2, -0.15) is 31.4 Å². The van der Waals surface area contributed by atoms with E-state index in [0.29, 0.717) is 10.9 Å². The Bertz CT molecular complexity index is 1080. The second-order valence-electron chi connectivity index (χ2n) is 6.02. The van der Waals surface area contributed by atoms with Gasteiger partial charge < -0.3 is 10.1 Å². The Balaban J connectivity index is 1.74. The first-order valence-electron chi connectivity index (χ1n) is 8.35. The number of alkyl halides is 6. The normalized spacial score (nSPS) is 12.0. The summed E-state index contributed by atoms with van der Waals surface area (Å²) in [4.78, 5) is 15.7. The van der Waals surface area contributed by atoms with Gasteiger partial charge >= 0.3 is 18.4 Å². The van der Waals surface area contributed by atoms with Gasteiger partial charge in [0, 0.05) is 6.54 Å². The number of nitrogens with one attached hydrogen (secondary N) is 1. The molecule has 1 aromatic carbocycles. The largest absolute Gasteiger partial charge is 0.437 e. The zero-order valence-corrected chi connectivity index (χ0v) is 15.9. The van der Waals surface area contributed by atoms with Crippen LogP contribution in [0.25, 0.3) is 5.82 Å². The molecule has 3 rings (SSSR count). The first-order chi connectivity index (χ1) is 14.4. The standard InChI is InChI=1S/C18H11ClF6N4O2/c19-13-2-1-3-14(28-13)29-15(18(23,24)25)12(9-27-29)31-16(30)26-8-10-4-6-11(7-5-10)17(20,21)22/h1-7,9H,8H2,(H,26,30). The number of nitrogens with zero attached hydrogens (tertiary/aromatic N) is 3. The smallest absolute Gasteiger partial charge is 0.406 e. The van der Waals surface area contributed by atoms with E-state index in [9.17, 15) is 31.1 Å². The highest BCUT2D eigenvalue weighted by molar-refractivity contribution is 6.29. The third-order valence-corrected chi connectivity index (χ3v) is 4.05. The molecule has 0 saturated heterocycles. The second kappa shape index (κ2) is 8.46. The van der Waals surface area contributed by atoms with Crippen molar-refractivity contribution >= 4 is 17.7 Å². The summed E-state index contributed by atoms with van der Waals surface area (Å²) in [6.45, 7) is -0.275. The minimum absolute atomic E-state index is 0.0714. The minimum atomic E-state index is -4.95. The van der Waals surface area contributed by atoms with Crippen LogP contribution < -0.4 is 10.1 Å². The summed E-state index contributed by atoms with van der Waals surface area (Å²) in [5.41, 5.74) is -2.00. The van der Waals surface area contributed by atoms with E-state index in [-0.39, 0.29) is 23.1 Å². The van der Waals surface area contributed by atoms with Crippen LogP contribution in [-0.2, 0) is 18.9 Å². The van der Waals surface area contributed by atoms with E-state index in [1.807, 2.05) is 0 Å². The van der Waals surface area contributed by atoms with Gasteiger partial charge in [-0.15, -0.1) is 0 Å². The molecule has 0 radical (unpaired) electrons. The van der Waals surface area contributed by atoms with Crippen LogP contribution in [0.15, 0.2) is 48.7 Å². The molecule has 164 valence electrons. The van der Waals surface area contributed by atoms with E-state index in [2.05, 4.69) is 15.4 Å². The summed E-state index contributed by atoms with van der Waals surface area (Å²) >= 11 is 5.70. The lowest BCUT2D eigenvalue weighted by atomic mass is 10.1. The summed E-state index contributed by atoms with van der Waals surface area (Å²) in [5.74, 6) is -1.14. The van der Waals surface area contributed by atoms with Crippen LogP contribution in [-0.4, -0.2) is 20.9 Å². The first kappa shape index (κ1) is 22.4. The van der Waals surface area contributed by atoms with Crippen molar-refractivity contribution in [3.63, 3.8) is 0 Å². The number of benzene rings is 1. The monoisotopic (exact) mass is 464 g/mol. The summed E-state index contributed by atoms with van der Waals surface area (Å²) < 4.78 is 83.4. The Hall–Kier alpha value is -3.28. The number of amides is 1. The summed E-state index contributed by atoms with van der Waals surface area (Å²) in [6, 6.07) is 7.80. The number of rotatable bonds is 4. The minimum Gasteiger partial charge on any atom is -0.406 e. The van der Waals surface area contributed by atoms with Crippen molar-refractivity contribution in [3.8, 4) is 11.6 Å². The van der Waals surface area contributed by atoms with Crippen LogP contribution >= 0.6 is 11.6 Å². The van der Waals surface area contributed by atoms with E-state index in [1.165, 1.54) is 18.2 Å². The number of ether oxygens (including phenoxy) is 1. The number of hydrogen-bond donors (Lipinski definition) is 1. The fourth-order valence-electron chi connectivity index (χ4n) is 2.48. The van der Waals surface area contributed by atoms with Gasteiger partial charge in [0.1, 0.15) is 5.15 Å². The average Bonchev–Trinajstić information content (AvgIpc) is 3.10. The van der Waals surface area contributed by atoms with Crippen molar-refractivity contribution < 1.29 is 35.9 Å². The Morgan fingerprint density at radius 3 is 2.29 bits per heavy atom. The topological polar surface area (TPSA) is 69.0 Å². The molecular formula is C18H11ClF6N4O2. The molecule has 0 unspecified atom stereocenters. The maximum absolute atomic E-state index is 13.5. The molecule has 13 heteroatoms. The molecule has 0 atom stereocenters. The molecule has 3 aromatic rings. The maximum Gasteiger partial charge on any atom is 0.437 e. The lowest BCUT2D eigenvalue weighted by Gasteiger charge is -2.12. The molecule has 0 spiro atoms. The van der Waals surface area contributed by atoms with Crippen molar-refractivity contribution in [1.29, 1.82) is 0 Å². The summed E-state index contributed by atoms with van der Waals surface area (Å²) in [6.07, 6.45) is -10.0. The molecule has 6 nitrogen and oxygen atoms in total. The maximum atomic E-state index is 13.5.